The number of pyridine rings is 1. The van der Waals surface area contributed by atoms with E-state index in [-0.39, 0.29) is 23.1 Å². The fourth-order valence-electron chi connectivity index (χ4n) is 2.07. The molecule has 0 atom stereocenters. The van der Waals surface area contributed by atoms with Crippen LogP contribution in [-0.4, -0.2) is 37.9 Å². The molecule has 0 saturated heterocycles. The number of nitrogens with zero attached hydrogens (tertiary/aromatic N) is 1. The second-order valence-corrected chi connectivity index (χ2v) is 5.47. The van der Waals surface area contributed by atoms with Crippen LogP contribution in [0.1, 0.15) is 30.1 Å². The number of nitrogens with one attached hydrogen (secondary N) is 1. The Morgan fingerprint density at radius 3 is 2.52 bits per heavy atom. The first-order chi connectivity index (χ1) is 13.1. The van der Waals surface area contributed by atoms with Crippen molar-refractivity contribution in [1.82, 2.24) is 4.98 Å². The second kappa shape index (κ2) is 10.0. The van der Waals surface area contributed by atoms with Gasteiger partial charge >= 0.3 is 6.16 Å². The zero-order valence-electron chi connectivity index (χ0n) is 15.5. The molecule has 27 heavy (non-hydrogen) atoms. The Morgan fingerprint density at radius 2 is 1.89 bits per heavy atom. The lowest BCUT2D eigenvalue weighted by molar-refractivity contribution is 0.102. The summed E-state index contributed by atoms with van der Waals surface area (Å²) in [6.45, 7) is 2.76. The number of hydrogen-bond donors (Lipinski definition) is 1. The highest BCUT2D eigenvalue weighted by Gasteiger charge is 2.16. The number of rotatable bonds is 8. The van der Waals surface area contributed by atoms with E-state index in [4.69, 9.17) is 14.2 Å². The van der Waals surface area contributed by atoms with Crippen molar-refractivity contribution in [3.05, 3.63) is 42.1 Å². The van der Waals surface area contributed by atoms with E-state index in [0.717, 1.165) is 18.6 Å². The summed E-state index contributed by atoms with van der Waals surface area (Å²) in [7, 11) is 2.55. The SMILES string of the molecule is CCCCOc1ccc(NC(=O)c2cnc(OC(=O)OC)c(OC)c2)cc1. The van der Waals surface area contributed by atoms with Gasteiger partial charge in [-0.1, -0.05) is 13.3 Å². The Labute approximate surface area is 157 Å². The number of ether oxygens (including phenoxy) is 4. The minimum Gasteiger partial charge on any atom is -0.494 e. The van der Waals surface area contributed by atoms with Gasteiger partial charge in [0.1, 0.15) is 5.75 Å². The van der Waals surface area contributed by atoms with Gasteiger partial charge in [-0.15, -0.1) is 0 Å². The fraction of sp³-hybridized carbons (Fsp3) is 0.316. The lowest BCUT2D eigenvalue weighted by atomic mass is 10.2. The smallest absolute Gasteiger partial charge is 0.494 e. The first-order valence-corrected chi connectivity index (χ1v) is 8.41. The normalized spacial score (nSPS) is 10.0. The van der Waals surface area contributed by atoms with Crippen molar-refractivity contribution in [3.63, 3.8) is 0 Å². The molecule has 0 unspecified atom stereocenters. The maximum absolute atomic E-state index is 12.4. The van der Waals surface area contributed by atoms with E-state index in [0.29, 0.717) is 12.3 Å². The number of unbranched alkanes of at least 4 members (excludes halogenated alkanes) is 1. The number of anilines is 1. The van der Waals surface area contributed by atoms with Gasteiger partial charge < -0.3 is 24.3 Å². The molecule has 2 aromatic rings. The molecule has 1 N–H and O–H groups in total. The van der Waals surface area contributed by atoms with Gasteiger partial charge in [0.05, 0.1) is 26.4 Å². The van der Waals surface area contributed by atoms with Gasteiger partial charge in [-0.3, -0.25) is 4.79 Å². The number of amides is 1. The van der Waals surface area contributed by atoms with Crippen molar-refractivity contribution in [2.24, 2.45) is 0 Å². The van der Waals surface area contributed by atoms with Crippen LogP contribution < -0.4 is 19.5 Å². The Kier molecular flexibility index (Phi) is 7.42. The Bertz CT molecular complexity index is 776. The van der Waals surface area contributed by atoms with Gasteiger partial charge in [-0.05, 0) is 30.7 Å². The topological polar surface area (TPSA) is 96.0 Å². The van der Waals surface area contributed by atoms with Gasteiger partial charge in [0.15, 0.2) is 5.75 Å². The Balaban J connectivity index is 2.03. The number of benzene rings is 1. The molecule has 1 aromatic carbocycles. The number of methoxy groups -OCH3 is 2. The minimum atomic E-state index is -0.931. The first-order valence-electron chi connectivity index (χ1n) is 8.41. The van der Waals surface area contributed by atoms with Crippen LogP contribution >= 0.6 is 0 Å². The van der Waals surface area contributed by atoms with Crippen molar-refractivity contribution in [2.75, 3.05) is 26.1 Å². The average Bonchev–Trinajstić information content (AvgIpc) is 2.69. The summed E-state index contributed by atoms with van der Waals surface area (Å²) in [4.78, 5) is 27.5. The monoisotopic (exact) mass is 374 g/mol. The lowest BCUT2D eigenvalue weighted by Crippen LogP contribution is -2.14. The zero-order chi connectivity index (χ0) is 19.6. The van der Waals surface area contributed by atoms with Crippen molar-refractivity contribution in [2.45, 2.75) is 19.8 Å². The van der Waals surface area contributed by atoms with E-state index in [1.54, 1.807) is 24.3 Å². The minimum absolute atomic E-state index is 0.0884. The predicted octanol–water partition coefficient (Wildman–Crippen LogP) is 3.67. The predicted molar refractivity (Wildman–Crippen MR) is 98.6 cm³/mol. The van der Waals surface area contributed by atoms with Crippen LogP contribution in [0.2, 0.25) is 0 Å². The summed E-state index contributed by atoms with van der Waals surface area (Å²) in [6.07, 6.45) is 2.40. The van der Waals surface area contributed by atoms with Crippen molar-refractivity contribution >= 4 is 17.7 Å². The molecule has 144 valence electrons. The molecular weight excluding hydrogens is 352 g/mol. The highest BCUT2D eigenvalue weighted by molar-refractivity contribution is 6.04. The number of aromatic nitrogens is 1. The lowest BCUT2D eigenvalue weighted by Gasteiger charge is -2.10. The van der Waals surface area contributed by atoms with Crippen LogP contribution in [0.15, 0.2) is 36.5 Å². The molecule has 0 saturated carbocycles. The number of hydrogen-bond acceptors (Lipinski definition) is 7. The van der Waals surface area contributed by atoms with Gasteiger partial charge in [0.25, 0.3) is 11.8 Å². The molecule has 0 bridgehead atoms. The first kappa shape index (κ1) is 20.0. The fourth-order valence-corrected chi connectivity index (χ4v) is 2.07. The van der Waals surface area contributed by atoms with Gasteiger partial charge in [-0.25, -0.2) is 9.78 Å². The molecule has 1 amide bonds. The summed E-state index contributed by atoms with van der Waals surface area (Å²) in [5.74, 6) is 0.404. The Hall–Kier alpha value is -3.29. The molecule has 8 heteroatoms. The van der Waals surface area contributed by atoms with E-state index in [1.165, 1.54) is 26.5 Å². The van der Waals surface area contributed by atoms with Crippen LogP contribution in [0.3, 0.4) is 0 Å². The average molecular weight is 374 g/mol. The van der Waals surface area contributed by atoms with Crippen LogP contribution in [0.25, 0.3) is 0 Å². The number of carbonyl (C=O) groups is 2. The molecule has 0 aliphatic carbocycles. The van der Waals surface area contributed by atoms with Crippen LogP contribution in [0.5, 0.6) is 17.4 Å². The van der Waals surface area contributed by atoms with Gasteiger partial charge in [0, 0.05) is 18.0 Å². The van der Waals surface area contributed by atoms with Crippen LogP contribution in [-0.2, 0) is 4.74 Å². The molecule has 0 aliphatic heterocycles. The Morgan fingerprint density at radius 1 is 1.15 bits per heavy atom. The highest BCUT2D eigenvalue weighted by Crippen LogP contribution is 2.26. The molecule has 1 aromatic heterocycles. The summed E-state index contributed by atoms with van der Waals surface area (Å²) in [6, 6.07) is 8.49. The molecule has 1 heterocycles. The van der Waals surface area contributed by atoms with Crippen LogP contribution in [0, 0.1) is 0 Å². The maximum Gasteiger partial charge on any atom is 0.515 e. The second-order valence-electron chi connectivity index (χ2n) is 5.47. The summed E-state index contributed by atoms with van der Waals surface area (Å²) < 4.78 is 19.9. The maximum atomic E-state index is 12.4. The van der Waals surface area contributed by atoms with E-state index >= 15 is 0 Å². The van der Waals surface area contributed by atoms with E-state index in [9.17, 15) is 9.59 Å². The van der Waals surface area contributed by atoms with E-state index < -0.39 is 6.16 Å². The third kappa shape index (κ3) is 5.88. The summed E-state index contributed by atoms with van der Waals surface area (Å²) in [5.41, 5.74) is 0.851. The zero-order valence-corrected chi connectivity index (χ0v) is 15.5. The molecule has 0 aliphatic rings. The molecule has 0 radical (unpaired) electrons. The third-order valence-corrected chi connectivity index (χ3v) is 3.53. The highest BCUT2D eigenvalue weighted by atomic mass is 16.7. The van der Waals surface area contributed by atoms with E-state index in [2.05, 4.69) is 22.0 Å². The quantitative estimate of drug-likeness (QED) is 0.556. The molecule has 0 spiro atoms. The van der Waals surface area contributed by atoms with Crippen LogP contribution in [0.4, 0.5) is 10.5 Å². The summed E-state index contributed by atoms with van der Waals surface area (Å²) >= 11 is 0. The largest absolute Gasteiger partial charge is 0.515 e. The van der Waals surface area contributed by atoms with Gasteiger partial charge in [-0.2, -0.15) is 0 Å². The van der Waals surface area contributed by atoms with Crippen molar-refractivity contribution in [3.8, 4) is 17.4 Å². The standard InChI is InChI=1S/C19H22N2O6/c1-4-5-10-26-15-8-6-14(7-9-15)21-17(22)13-11-16(24-2)18(20-12-13)27-19(23)25-3/h6-9,11-12H,4-5,10H2,1-3H3,(H,21,22). The number of carbonyl (C=O) groups excluding carboxylic acids is 2. The summed E-state index contributed by atoms with van der Waals surface area (Å²) in [5, 5.41) is 2.75. The molecular formula is C19H22N2O6. The van der Waals surface area contributed by atoms with Gasteiger partial charge in [0.2, 0.25) is 0 Å². The third-order valence-electron chi connectivity index (χ3n) is 3.53. The van der Waals surface area contributed by atoms with E-state index in [1.807, 2.05) is 0 Å². The molecule has 2 rings (SSSR count). The molecule has 0 fully saturated rings. The van der Waals surface area contributed by atoms with Crippen molar-refractivity contribution in [1.29, 1.82) is 0 Å². The van der Waals surface area contributed by atoms with Crippen molar-refractivity contribution < 1.29 is 28.5 Å². The molecule has 8 nitrogen and oxygen atoms in total.